The Bertz CT molecular complexity index is 1530. The van der Waals surface area contributed by atoms with Crippen molar-refractivity contribution in [3.8, 4) is 5.75 Å². The van der Waals surface area contributed by atoms with Gasteiger partial charge in [-0.05, 0) is 56.9 Å². The highest BCUT2D eigenvalue weighted by atomic mass is 16.8. The Labute approximate surface area is 301 Å². The number of carbonyl (C=O) groups excluding carboxylic acids is 2. The first-order valence-electron chi connectivity index (χ1n) is 17.9. The number of fused-ring (bicyclic) bond motifs is 4. The Morgan fingerprint density at radius 2 is 1.55 bits per heavy atom. The summed E-state index contributed by atoms with van der Waals surface area (Å²) in [7, 11) is 3.12. The summed E-state index contributed by atoms with van der Waals surface area (Å²) in [6.45, 7) is 9.58. The summed E-state index contributed by atoms with van der Waals surface area (Å²) in [4.78, 5) is 30.1. The van der Waals surface area contributed by atoms with E-state index in [0.29, 0.717) is 13.0 Å². The van der Waals surface area contributed by atoms with E-state index in [1.807, 2.05) is 89.2 Å². The van der Waals surface area contributed by atoms with E-state index in [4.69, 9.17) is 37.9 Å². The molecule has 1 N–H and O–H groups in total. The standard InChI is InChI=1S/C40H54O11/c1-36(2)29-17-18-40(36,43)31(41)19-30-38(5,35(42)34(29)49-24-44-6)32(48-25-46-21-26-11-9-8-10-12-26)20-33(39(30)23-50-37(3,4)51-39)47-22-27-13-15-28(45-7)16-14-27/h8-16,29-30,32-34,43H,17-25H2,1-7H3/t29?,30-,32-,33+,34+,38-,39+,40?/m0/s1. The first kappa shape index (κ1) is 38.0. The lowest BCUT2D eigenvalue weighted by atomic mass is 9.53. The highest BCUT2D eigenvalue weighted by Gasteiger charge is 2.73. The Balaban J connectivity index is 1.43. The van der Waals surface area contributed by atoms with Crippen LogP contribution in [0.1, 0.15) is 71.4 Å². The highest BCUT2D eigenvalue weighted by Crippen LogP contribution is 2.62. The maximum absolute atomic E-state index is 15.5. The SMILES string of the molecule is COCO[C@H]1C(=O)[C@]2(C)[C@@H](OCOCc3ccccc3)C[C@@H](OCc3ccc(OC)cc3)[C@@]3(COC(C)(C)O3)[C@H]2CC(=O)C2(O)CCC1C2(C)C. The molecule has 0 radical (unpaired) electrons. The van der Waals surface area contributed by atoms with E-state index in [9.17, 15) is 9.90 Å². The van der Waals surface area contributed by atoms with Gasteiger partial charge in [0, 0.05) is 37.2 Å². The Kier molecular flexibility index (Phi) is 10.9. The molecule has 2 bridgehead atoms. The smallest absolute Gasteiger partial charge is 0.170 e. The summed E-state index contributed by atoms with van der Waals surface area (Å²) in [6.07, 6.45) is -1.70. The van der Waals surface area contributed by atoms with Gasteiger partial charge in [-0.2, -0.15) is 0 Å². The van der Waals surface area contributed by atoms with E-state index in [1.165, 1.54) is 7.11 Å². The molecule has 280 valence electrons. The topological polar surface area (TPSA) is 128 Å². The first-order chi connectivity index (χ1) is 24.2. The molecular formula is C40H54O11. The van der Waals surface area contributed by atoms with E-state index in [1.54, 1.807) is 7.11 Å². The van der Waals surface area contributed by atoms with Crippen molar-refractivity contribution < 1.29 is 52.6 Å². The first-order valence-corrected chi connectivity index (χ1v) is 17.9. The fourth-order valence-electron chi connectivity index (χ4n) is 9.24. The van der Waals surface area contributed by atoms with Crippen LogP contribution in [-0.2, 0) is 56.0 Å². The Morgan fingerprint density at radius 1 is 0.843 bits per heavy atom. The maximum atomic E-state index is 15.5. The van der Waals surface area contributed by atoms with Gasteiger partial charge in [0.15, 0.2) is 17.4 Å². The van der Waals surface area contributed by atoms with Gasteiger partial charge in [0.05, 0.1) is 44.6 Å². The molecule has 6 rings (SSSR count). The molecule has 2 aromatic rings. The van der Waals surface area contributed by atoms with Crippen LogP contribution < -0.4 is 4.74 Å². The molecule has 3 aliphatic carbocycles. The third-order valence-electron chi connectivity index (χ3n) is 12.3. The van der Waals surface area contributed by atoms with E-state index < -0.39 is 58.0 Å². The largest absolute Gasteiger partial charge is 0.497 e. The Morgan fingerprint density at radius 3 is 2.20 bits per heavy atom. The lowest BCUT2D eigenvalue weighted by Gasteiger charge is -2.57. The minimum atomic E-state index is -1.69. The maximum Gasteiger partial charge on any atom is 0.170 e. The average molecular weight is 711 g/mol. The molecule has 1 aliphatic heterocycles. The van der Waals surface area contributed by atoms with Crippen LogP contribution in [0.3, 0.4) is 0 Å². The molecular weight excluding hydrogens is 656 g/mol. The second kappa shape index (κ2) is 14.6. The number of benzene rings is 2. The van der Waals surface area contributed by atoms with Gasteiger partial charge in [-0.25, -0.2) is 0 Å². The van der Waals surface area contributed by atoms with Crippen molar-refractivity contribution in [1.29, 1.82) is 0 Å². The number of rotatable bonds is 12. The third-order valence-corrected chi connectivity index (χ3v) is 12.3. The van der Waals surface area contributed by atoms with Crippen molar-refractivity contribution in [3.05, 3.63) is 65.7 Å². The zero-order chi connectivity index (χ0) is 36.7. The quantitative estimate of drug-likeness (QED) is 0.225. The average Bonchev–Trinajstić information content (AvgIpc) is 3.57. The van der Waals surface area contributed by atoms with Gasteiger partial charge in [-0.15, -0.1) is 0 Å². The molecule has 1 saturated heterocycles. The number of hydrogen-bond donors (Lipinski definition) is 1. The number of methoxy groups -OCH3 is 2. The van der Waals surface area contributed by atoms with Crippen LogP contribution in [0.15, 0.2) is 54.6 Å². The highest BCUT2D eigenvalue weighted by molar-refractivity contribution is 5.95. The van der Waals surface area contributed by atoms with Gasteiger partial charge in [-0.1, -0.05) is 56.3 Å². The number of carbonyl (C=O) groups is 2. The molecule has 1 heterocycles. The lowest BCUT2D eigenvalue weighted by molar-refractivity contribution is -0.272. The fourth-order valence-corrected chi connectivity index (χ4v) is 9.24. The van der Waals surface area contributed by atoms with Crippen molar-refractivity contribution >= 4 is 11.6 Å². The molecule has 11 nitrogen and oxygen atoms in total. The normalized spacial score (nSPS) is 35.6. The van der Waals surface area contributed by atoms with Gasteiger partial charge in [0.2, 0.25) is 0 Å². The molecule has 2 aromatic carbocycles. The van der Waals surface area contributed by atoms with E-state index in [-0.39, 0.29) is 57.6 Å². The van der Waals surface area contributed by atoms with Gasteiger partial charge < -0.3 is 43.0 Å². The molecule has 4 aliphatic rings. The summed E-state index contributed by atoms with van der Waals surface area (Å²) in [5.41, 5.74) is -3.39. The summed E-state index contributed by atoms with van der Waals surface area (Å²) in [6, 6.07) is 17.4. The van der Waals surface area contributed by atoms with Crippen LogP contribution in [0.4, 0.5) is 0 Å². The number of hydrogen-bond acceptors (Lipinski definition) is 11. The summed E-state index contributed by atoms with van der Waals surface area (Å²) in [5, 5.41) is 12.3. The molecule has 4 fully saturated rings. The van der Waals surface area contributed by atoms with Crippen LogP contribution in [0.5, 0.6) is 5.75 Å². The molecule has 51 heavy (non-hydrogen) atoms. The number of aliphatic hydroxyl groups is 1. The van der Waals surface area contributed by atoms with Gasteiger partial charge in [0.25, 0.3) is 0 Å². The van der Waals surface area contributed by atoms with Gasteiger partial charge in [0.1, 0.15) is 36.6 Å². The van der Waals surface area contributed by atoms with Crippen LogP contribution in [0.2, 0.25) is 0 Å². The number of ketones is 2. The third kappa shape index (κ3) is 6.81. The predicted molar refractivity (Wildman–Crippen MR) is 185 cm³/mol. The summed E-state index contributed by atoms with van der Waals surface area (Å²) in [5.74, 6) is -2.17. The second-order valence-corrected chi connectivity index (χ2v) is 15.8. The molecule has 0 amide bonds. The molecule has 3 saturated carbocycles. The molecule has 11 heteroatoms. The Hall–Kier alpha value is -2.74. The van der Waals surface area contributed by atoms with Gasteiger partial charge in [-0.3, -0.25) is 9.59 Å². The number of ether oxygens (including phenoxy) is 8. The van der Waals surface area contributed by atoms with Crippen molar-refractivity contribution in [3.63, 3.8) is 0 Å². The molecule has 0 aromatic heterocycles. The predicted octanol–water partition coefficient (Wildman–Crippen LogP) is 5.39. The van der Waals surface area contributed by atoms with Crippen molar-refractivity contribution in [2.45, 2.75) is 109 Å². The fraction of sp³-hybridized carbons (Fsp3) is 0.650. The molecule has 8 atom stereocenters. The van der Waals surface area contributed by atoms with Gasteiger partial charge >= 0.3 is 0 Å². The van der Waals surface area contributed by atoms with Crippen LogP contribution >= 0.6 is 0 Å². The van der Waals surface area contributed by atoms with E-state index in [0.717, 1.165) is 16.9 Å². The van der Waals surface area contributed by atoms with Crippen molar-refractivity contribution in [2.75, 3.05) is 34.4 Å². The minimum Gasteiger partial charge on any atom is -0.497 e. The molecule has 2 unspecified atom stereocenters. The summed E-state index contributed by atoms with van der Waals surface area (Å²) < 4.78 is 49.5. The van der Waals surface area contributed by atoms with E-state index in [2.05, 4.69) is 0 Å². The second-order valence-electron chi connectivity index (χ2n) is 15.8. The van der Waals surface area contributed by atoms with E-state index >= 15 is 4.79 Å². The number of Topliss-reactive ketones (excluding diaryl/α,β-unsaturated/α-hetero) is 2. The van der Waals surface area contributed by atoms with Crippen molar-refractivity contribution in [1.82, 2.24) is 0 Å². The van der Waals surface area contributed by atoms with Crippen molar-refractivity contribution in [2.24, 2.45) is 22.7 Å². The van der Waals surface area contributed by atoms with Crippen LogP contribution in [0.25, 0.3) is 0 Å². The zero-order valence-electron chi connectivity index (χ0n) is 31.0. The lowest BCUT2D eigenvalue weighted by Crippen LogP contribution is -2.69. The van der Waals surface area contributed by atoms with Crippen LogP contribution in [0, 0.1) is 22.7 Å². The summed E-state index contributed by atoms with van der Waals surface area (Å²) >= 11 is 0. The van der Waals surface area contributed by atoms with Crippen LogP contribution in [-0.4, -0.2) is 86.4 Å². The zero-order valence-corrected chi connectivity index (χ0v) is 31.0. The monoisotopic (exact) mass is 710 g/mol. The molecule has 1 spiro atoms. The minimum absolute atomic E-state index is 0.0696.